The predicted octanol–water partition coefficient (Wildman–Crippen LogP) is -0.761. The molecule has 10 heteroatoms. The van der Waals surface area contributed by atoms with Crippen molar-refractivity contribution in [2.75, 3.05) is 12.0 Å². The van der Waals surface area contributed by atoms with Gasteiger partial charge in [-0.2, -0.15) is 11.8 Å². The normalized spacial score (nSPS) is 13.8. The van der Waals surface area contributed by atoms with Crippen molar-refractivity contribution < 1.29 is 24.3 Å². The van der Waals surface area contributed by atoms with Crippen molar-refractivity contribution in [3.8, 4) is 0 Å². The minimum atomic E-state index is -1.18. The number of carbonyl (C=O) groups is 4. The summed E-state index contributed by atoms with van der Waals surface area (Å²) in [6.45, 7) is 0. The molecule has 7 N–H and O–H groups in total. The maximum absolute atomic E-state index is 12.6. The number of aliphatic carboxylic acids is 1. The Kier molecular flexibility index (Phi) is 10.0. The first-order valence-corrected chi connectivity index (χ1v) is 10.0. The molecule has 154 valence electrons. The highest BCUT2D eigenvalue weighted by atomic mass is 32.2. The first-order valence-electron chi connectivity index (χ1n) is 8.64. The van der Waals surface area contributed by atoms with E-state index >= 15 is 0 Å². The van der Waals surface area contributed by atoms with Gasteiger partial charge < -0.3 is 27.2 Å². The molecular weight excluding hydrogens is 384 g/mol. The fourth-order valence-electron chi connectivity index (χ4n) is 2.41. The zero-order chi connectivity index (χ0) is 21.1. The molecule has 1 aromatic rings. The molecule has 0 saturated heterocycles. The second-order valence-electron chi connectivity index (χ2n) is 6.21. The van der Waals surface area contributed by atoms with Gasteiger partial charge in [-0.05, 0) is 24.0 Å². The molecular formula is C18H26N4O5S. The van der Waals surface area contributed by atoms with Crippen LogP contribution in [0.2, 0.25) is 0 Å². The number of nitrogens with one attached hydrogen (secondary N) is 2. The van der Waals surface area contributed by atoms with E-state index in [0.29, 0.717) is 5.75 Å². The van der Waals surface area contributed by atoms with Gasteiger partial charge in [0.2, 0.25) is 17.7 Å². The second-order valence-corrected chi connectivity index (χ2v) is 7.19. The Balaban J connectivity index is 2.81. The Bertz CT molecular complexity index is 686. The van der Waals surface area contributed by atoms with Crippen LogP contribution in [0.4, 0.5) is 0 Å². The molecule has 3 amide bonds. The molecule has 1 rings (SSSR count). The van der Waals surface area contributed by atoms with Crippen molar-refractivity contribution in [2.24, 2.45) is 11.5 Å². The molecule has 0 heterocycles. The van der Waals surface area contributed by atoms with Crippen LogP contribution in [0.5, 0.6) is 0 Å². The fourth-order valence-corrected chi connectivity index (χ4v) is 2.89. The summed E-state index contributed by atoms with van der Waals surface area (Å²) in [5, 5.41) is 14.4. The van der Waals surface area contributed by atoms with Gasteiger partial charge in [0.15, 0.2) is 0 Å². The number of hydrogen-bond donors (Lipinski definition) is 5. The van der Waals surface area contributed by atoms with Crippen LogP contribution in [0.25, 0.3) is 0 Å². The van der Waals surface area contributed by atoms with Crippen LogP contribution in [0.1, 0.15) is 18.4 Å². The average Bonchev–Trinajstić information content (AvgIpc) is 2.64. The molecule has 0 radical (unpaired) electrons. The van der Waals surface area contributed by atoms with E-state index in [1.807, 2.05) is 6.26 Å². The minimum Gasteiger partial charge on any atom is -0.480 e. The van der Waals surface area contributed by atoms with E-state index in [-0.39, 0.29) is 19.3 Å². The number of benzene rings is 1. The Labute approximate surface area is 167 Å². The lowest BCUT2D eigenvalue weighted by atomic mass is 10.1. The number of carboxylic acid groups (broad SMARTS) is 1. The Morgan fingerprint density at radius 2 is 1.68 bits per heavy atom. The van der Waals surface area contributed by atoms with Crippen molar-refractivity contribution in [2.45, 2.75) is 37.4 Å². The third kappa shape index (κ3) is 8.40. The number of primary amides is 1. The van der Waals surface area contributed by atoms with Gasteiger partial charge in [-0.15, -0.1) is 0 Å². The zero-order valence-electron chi connectivity index (χ0n) is 15.6. The molecule has 0 aliphatic rings. The lowest BCUT2D eigenvalue weighted by Crippen LogP contribution is -2.55. The number of rotatable bonds is 12. The van der Waals surface area contributed by atoms with Gasteiger partial charge in [-0.3, -0.25) is 14.4 Å². The van der Waals surface area contributed by atoms with Gasteiger partial charge in [0.1, 0.15) is 12.1 Å². The highest BCUT2D eigenvalue weighted by Crippen LogP contribution is 2.06. The van der Waals surface area contributed by atoms with Crippen LogP contribution in [-0.2, 0) is 25.6 Å². The first-order chi connectivity index (χ1) is 13.2. The monoisotopic (exact) mass is 410 g/mol. The molecule has 0 saturated carbocycles. The largest absolute Gasteiger partial charge is 0.480 e. The molecule has 0 aliphatic heterocycles. The van der Waals surface area contributed by atoms with E-state index in [4.69, 9.17) is 11.5 Å². The zero-order valence-corrected chi connectivity index (χ0v) is 16.4. The highest BCUT2D eigenvalue weighted by molar-refractivity contribution is 7.98. The Hall–Kier alpha value is -2.59. The predicted molar refractivity (Wildman–Crippen MR) is 106 cm³/mol. The summed E-state index contributed by atoms with van der Waals surface area (Å²) in [5.41, 5.74) is 11.4. The van der Waals surface area contributed by atoms with Crippen LogP contribution in [-0.4, -0.2) is 58.9 Å². The lowest BCUT2D eigenvalue weighted by molar-refractivity contribution is -0.142. The number of hydrogen-bond acceptors (Lipinski definition) is 6. The van der Waals surface area contributed by atoms with Crippen molar-refractivity contribution in [1.82, 2.24) is 10.6 Å². The first kappa shape index (κ1) is 23.4. The number of carbonyl (C=O) groups excluding carboxylic acids is 3. The van der Waals surface area contributed by atoms with Gasteiger partial charge in [0.05, 0.1) is 12.5 Å². The number of nitrogens with two attached hydrogens (primary N) is 2. The fraction of sp³-hybridized carbons (Fsp3) is 0.444. The van der Waals surface area contributed by atoms with Gasteiger partial charge >= 0.3 is 5.97 Å². The molecule has 3 atom stereocenters. The van der Waals surface area contributed by atoms with Gasteiger partial charge in [0.25, 0.3) is 0 Å². The standard InChI is InChI=1S/C18H26N4O5S/c1-28-8-7-13(21-16(24)12(19)10-15(20)23)17(25)22-14(18(26)27)9-11-5-3-2-4-6-11/h2-6,12-14H,7-10,19H2,1H3,(H2,20,23)(H,21,24)(H,22,25)(H,26,27)/t12-,13-,14-/m0/s1. The van der Waals surface area contributed by atoms with Crippen molar-refractivity contribution in [1.29, 1.82) is 0 Å². The lowest BCUT2D eigenvalue weighted by Gasteiger charge is -2.22. The third-order valence-corrected chi connectivity index (χ3v) is 4.54. The van der Waals surface area contributed by atoms with E-state index in [0.717, 1.165) is 5.56 Å². The number of thioether (sulfide) groups is 1. The van der Waals surface area contributed by atoms with E-state index in [1.165, 1.54) is 11.8 Å². The van der Waals surface area contributed by atoms with Crippen LogP contribution >= 0.6 is 11.8 Å². The SMILES string of the molecule is CSCC[C@H](NC(=O)[C@@H](N)CC(N)=O)C(=O)N[C@@H](Cc1ccccc1)C(=O)O. The maximum atomic E-state index is 12.6. The van der Waals surface area contributed by atoms with E-state index < -0.39 is 41.8 Å². The van der Waals surface area contributed by atoms with Crippen LogP contribution in [0.15, 0.2) is 30.3 Å². The molecule has 1 aromatic carbocycles. The summed E-state index contributed by atoms with van der Waals surface area (Å²) in [4.78, 5) is 47.2. The van der Waals surface area contributed by atoms with Crippen LogP contribution in [0.3, 0.4) is 0 Å². The molecule has 0 fully saturated rings. The molecule has 28 heavy (non-hydrogen) atoms. The number of amides is 3. The molecule has 0 aliphatic carbocycles. The Morgan fingerprint density at radius 3 is 2.21 bits per heavy atom. The molecule has 0 aromatic heterocycles. The highest BCUT2D eigenvalue weighted by Gasteiger charge is 2.28. The topological polar surface area (TPSA) is 165 Å². The molecule has 0 bridgehead atoms. The summed E-state index contributed by atoms with van der Waals surface area (Å²) in [7, 11) is 0. The maximum Gasteiger partial charge on any atom is 0.326 e. The second kappa shape index (κ2) is 12.0. The van der Waals surface area contributed by atoms with Gasteiger partial charge in [-0.25, -0.2) is 4.79 Å². The van der Waals surface area contributed by atoms with Gasteiger partial charge in [0, 0.05) is 6.42 Å². The smallest absolute Gasteiger partial charge is 0.326 e. The van der Waals surface area contributed by atoms with E-state index in [9.17, 15) is 24.3 Å². The summed E-state index contributed by atoms with van der Waals surface area (Å²) < 4.78 is 0. The molecule has 0 spiro atoms. The van der Waals surface area contributed by atoms with Crippen molar-refractivity contribution in [3.63, 3.8) is 0 Å². The summed E-state index contributed by atoms with van der Waals surface area (Å²) in [6, 6.07) is 5.58. The molecule has 0 unspecified atom stereocenters. The van der Waals surface area contributed by atoms with Crippen molar-refractivity contribution >= 4 is 35.5 Å². The average molecular weight is 410 g/mol. The quantitative estimate of drug-likeness (QED) is 0.302. The third-order valence-electron chi connectivity index (χ3n) is 3.90. The van der Waals surface area contributed by atoms with Gasteiger partial charge in [-0.1, -0.05) is 30.3 Å². The minimum absolute atomic E-state index is 0.103. The summed E-state index contributed by atoms with van der Waals surface area (Å²) in [5.74, 6) is -2.69. The number of carboxylic acids is 1. The Morgan fingerprint density at radius 1 is 1.07 bits per heavy atom. The molecule has 9 nitrogen and oxygen atoms in total. The summed E-state index contributed by atoms with van der Waals surface area (Å²) in [6.07, 6.45) is 1.87. The van der Waals surface area contributed by atoms with Crippen molar-refractivity contribution in [3.05, 3.63) is 35.9 Å². The van der Waals surface area contributed by atoms with Crippen LogP contribution in [0, 0.1) is 0 Å². The van der Waals surface area contributed by atoms with Crippen LogP contribution < -0.4 is 22.1 Å². The van der Waals surface area contributed by atoms with E-state index in [1.54, 1.807) is 30.3 Å². The summed E-state index contributed by atoms with van der Waals surface area (Å²) >= 11 is 1.47. The van der Waals surface area contributed by atoms with E-state index in [2.05, 4.69) is 10.6 Å².